The van der Waals surface area contributed by atoms with E-state index in [1.54, 1.807) is 30.9 Å². The summed E-state index contributed by atoms with van der Waals surface area (Å²) in [5.41, 5.74) is 0.924. The van der Waals surface area contributed by atoms with Gasteiger partial charge in [0.2, 0.25) is 5.78 Å². The van der Waals surface area contributed by atoms with Gasteiger partial charge in [-0.15, -0.1) is 0 Å². The molecule has 0 aromatic carbocycles. The van der Waals surface area contributed by atoms with E-state index in [4.69, 9.17) is 0 Å². The van der Waals surface area contributed by atoms with Crippen molar-refractivity contribution in [1.29, 1.82) is 0 Å². The van der Waals surface area contributed by atoms with Crippen molar-refractivity contribution in [1.82, 2.24) is 15.0 Å². The van der Waals surface area contributed by atoms with Gasteiger partial charge >= 0.3 is 0 Å². The molecule has 0 saturated heterocycles. The van der Waals surface area contributed by atoms with Gasteiger partial charge in [-0.05, 0) is 23.8 Å². The van der Waals surface area contributed by atoms with Gasteiger partial charge in [-0.3, -0.25) is 9.78 Å². The smallest absolute Gasteiger partial charge is 0.207 e. The first-order valence-corrected chi connectivity index (χ1v) is 5.00. The normalized spacial score (nSPS) is 12.1. The number of pyridine rings is 1. The van der Waals surface area contributed by atoms with Gasteiger partial charge in [-0.1, -0.05) is 6.92 Å². The Kier molecular flexibility index (Phi) is 3.00. The third-order valence-corrected chi connectivity index (χ3v) is 2.39. The highest BCUT2D eigenvalue weighted by Crippen LogP contribution is 2.17. The van der Waals surface area contributed by atoms with Gasteiger partial charge in [0.25, 0.3) is 0 Å². The summed E-state index contributed by atoms with van der Waals surface area (Å²) in [6.07, 6.45) is 6.48. The molecule has 80 valence electrons. The predicted molar refractivity (Wildman–Crippen MR) is 59.0 cm³/mol. The number of rotatable bonds is 3. The van der Waals surface area contributed by atoms with E-state index in [0.29, 0.717) is 0 Å². The van der Waals surface area contributed by atoms with Crippen molar-refractivity contribution in [3.8, 4) is 0 Å². The zero-order valence-corrected chi connectivity index (χ0v) is 8.87. The Labute approximate surface area is 93.4 Å². The highest BCUT2D eigenvalue weighted by Gasteiger charge is 2.18. The number of hydrogen-bond acceptors (Lipinski definition) is 4. The summed E-state index contributed by atoms with van der Waals surface area (Å²) in [4.78, 5) is 23.8. The molecule has 2 rings (SSSR count). The van der Waals surface area contributed by atoms with Crippen LogP contribution >= 0.6 is 0 Å². The molecule has 2 heterocycles. The van der Waals surface area contributed by atoms with Crippen molar-refractivity contribution in [3.63, 3.8) is 0 Å². The number of hydrogen-bond donors (Lipinski definition) is 0. The molecule has 16 heavy (non-hydrogen) atoms. The Bertz CT molecular complexity index is 470. The van der Waals surface area contributed by atoms with Crippen LogP contribution < -0.4 is 0 Å². The standard InChI is InChI=1S/C12H11N3O/c1-9(10-3-7-13-8-4-10)11(16)12-14-5-2-6-15-12/h2-9H,1H3. The van der Waals surface area contributed by atoms with Crippen LogP contribution in [0.1, 0.15) is 29.0 Å². The maximum atomic E-state index is 12.0. The van der Waals surface area contributed by atoms with E-state index >= 15 is 0 Å². The van der Waals surface area contributed by atoms with Gasteiger partial charge in [0.15, 0.2) is 5.82 Å². The maximum Gasteiger partial charge on any atom is 0.207 e. The monoisotopic (exact) mass is 213 g/mol. The van der Waals surface area contributed by atoms with Crippen LogP contribution in [-0.4, -0.2) is 20.7 Å². The van der Waals surface area contributed by atoms with Crippen LogP contribution in [0.5, 0.6) is 0 Å². The van der Waals surface area contributed by atoms with E-state index in [-0.39, 0.29) is 17.5 Å². The molecular formula is C12H11N3O. The van der Waals surface area contributed by atoms with Crippen molar-refractivity contribution in [2.75, 3.05) is 0 Å². The average Bonchev–Trinajstić information content (AvgIpc) is 2.39. The van der Waals surface area contributed by atoms with Crippen molar-refractivity contribution in [2.45, 2.75) is 12.8 Å². The molecule has 4 heteroatoms. The summed E-state index contributed by atoms with van der Waals surface area (Å²) < 4.78 is 0. The minimum Gasteiger partial charge on any atom is -0.290 e. The van der Waals surface area contributed by atoms with Gasteiger partial charge in [-0.2, -0.15) is 0 Å². The number of Topliss-reactive ketones (excluding diaryl/α,β-unsaturated/α-hetero) is 1. The fourth-order valence-corrected chi connectivity index (χ4v) is 1.42. The molecule has 0 radical (unpaired) electrons. The maximum absolute atomic E-state index is 12.0. The topological polar surface area (TPSA) is 55.7 Å². The van der Waals surface area contributed by atoms with E-state index in [9.17, 15) is 4.79 Å². The van der Waals surface area contributed by atoms with Crippen LogP contribution in [-0.2, 0) is 0 Å². The summed E-state index contributed by atoms with van der Waals surface area (Å²) in [5.74, 6) is -0.0657. The average molecular weight is 213 g/mol. The first kappa shape index (κ1) is 10.4. The molecule has 4 nitrogen and oxygen atoms in total. The largest absolute Gasteiger partial charge is 0.290 e. The number of carbonyl (C=O) groups is 1. The summed E-state index contributed by atoms with van der Waals surface area (Å²) in [7, 11) is 0. The second-order valence-electron chi connectivity index (χ2n) is 3.44. The van der Waals surface area contributed by atoms with Gasteiger partial charge in [0.05, 0.1) is 0 Å². The predicted octanol–water partition coefficient (Wildman–Crippen LogP) is 1.86. The first-order valence-electron chi connectivity index (χ1n) is 5.00. The summed E-state index contributed by atoms with van der Waals surface area (Å²) >= 11 is 0. The molecule has 0 saturated carbocycles. The molecule has 0 spiro atoms. The highest BCUT2D eigenvalue weighted by atomic mass is 16.1. The van der Waals surface area contributed by atoms with Crippen LogP contribution in [0, 0.1) is 0 Å². The second-order valence-corrected chi connectivity index (χ2v) is 3.44. The number of carbonyl (C=O) groups excluding carboxylic acids is 1. The molecule has 0 bridgehead atoms. The molecule has 1 atom stereocenters. The van der Waals surface area contributed by atoms with E-state index in [1.165, 1.54) is 0 Å². The fourth-order valence-electron chi connectivity index (χ4n) is 1.42. The van der Waals surface area contributed by atoms with Gasteiger partial charge in [-0.25, -0.2) is 9.97 Å². The van der Waals surface area contributed by atoms with Crippen LogP contribution in [0.25, 0.3) is 0 Å². The lowest BCUT2D eigenvalue weighted by atomic mass is 9.97. The molecular weight excluding hydrogens is 202 g/mol. The molecule has 0 aliphatic carbocycles. The SMILES string of the molecule is CC(C(=O)c1ncccn1)c1ccncc1. The van der Waals surface area contributed by atoms with Crippen molar-refractivity contribution < 1.29 is 4.79 Å². The van der Waals surface area contributed by atoms with E-state index in [1.807, 2.05) is 19.1 Å². The Hall–Kier alpha value is -2.10. The summed E-state index contributed by atoms with van der Waals surface area (Å²) in [6.45, 7) is 1.84. The Morgan fingerprint density at radius 1 is 1.12 bits per heavy atom. The summed E-state index contributed by atoms with van der Waals surface area (Å²) in [6, 6.07) is 5.34. The van der Waals surface area contributed by atoms with E-state index in [2.05, 4.69) is 15.0 Å². The number of ketones is 1. The Morgan fingerprint density at radius 2 is 1.75 bits per heavy atom. The van der Waals surface area contributed by atoms with Gasteiger partial charge in [0.1, 0.15) is 0 Å². The third kappa shape index (κ3) is 2.11. The fraction of sp³-hybridized carbons (Fsp3) is 0.167. The second kappa shape index (κ2) is 4.61. The van der Waals surface area contributed by atoms with Crippen LogP contribution in [0.3, 0.4) is 0 Å². The minimum absolute atomic E-state index is 0.0770. The number of aromatic nitrogens is 3. The minimum atomic E-state index is -0.245. The van der Waals surface area contributed by atoms with Crippen LogP contribution in [0.15, 0.2) is 43.0 Å². The lowest BCUT2D eigenvalue weighted by Gasteiger charge is -2.08. The Balaban J connectivity index is 2.24. The quantitative estimate of drug-likeness (QED) is 0.730. The molecule has 2 aromatic rings. The summed E-state index contributed by atoms with van der Waals surface area (Å²) in [5, 5.41) is 0. The van der Waals surface area contributed by atoms with Crippen LogP contribution in [0.2, 0.25) is 0 Å². The lowest BCUT2D eigenvalue weighted by Crippen LogP contribution is -2.12. The lowest BCUT2D eigenvalue weighted by molar-refractivity contribution is 0.0956. The zero-order chi connectivity index (χ0) is 11.4. The molecule has 0 fully saturated rings. The van der Waals surface area contributed by atoms with Crippen molar-refractivity contribution in [3.05, 3.63) is 54.4 Å². The molecule has 0 amide bonds. The third-order valence-electron chi connectivity index (χ3n) is 2.39. The number of nitrogens with zero attached hydrogens (tertiary/aromatic N) is 3. The van der Waals surface area contributed by atoms with Gasteiger partial charge in [0, 0.05) is 30.7 Å². The van der Waals surface area contributed by atoms with Crippen molar-refractivity contribution in [2.24, 2.45) is 0 Å². The molecule has 2 aromatic heterocycles. The molecule has 0 aliphatic heterocycles. The molecule has 1 unspecified atom stereocenters. The highest BCUT2D eigenvalue weighted by molar-refractivity contribution is 5.97. The van der Waals surface area contributed by atoms with E-state index in [0.717, 1.165) is 5.56 Å². The zero-order valence-electron chi connectivity index (χ0n) is 8.87. The van der Waals surface area contributed by atoms with E-state index < -0.39 is 0 Å². The Morgan fingerprint density at radius 3 is 2.38 bits per heavy atom. The first-order chi connectivity index (χ1) is 7.79. The van der Waals surface area contributed by atoms with Crippen LogP contribution in [0.4, 0.5) is 0 Å². The van der Waals surface area contributed by atoms with Crippen molar-refractivity contribution >= 4 is 5.78 Å². The molecule has 0 N–H and O–H groups in total. The molecule has 0 aliphatic rings. The van der Waals surface area contributed by atoms with Gasteiger partial charge < -0.3 is 0 Å².